The van der Waals surface area contributed by atoms with Crippen LogP contribution in [0.1, 0.15) is 36.5 Å². The van der Waals surface area contributed by atoms with Crippen molar-refractivity contribution in [2.75, 3.05) is 18.0 Å². The highest BCUT2D eigenvalue weighted by Crippen LogP contribution is 2.29. The molecule has 140 valence electrons. The number of benzene rings is 2. The lowest BCUT2D eigenvalue weighted by atomic mass is 10.0. The van der Waals surface area contributed by atoms with Gasteiger partial charge in [-0.15, -0.1) is 0 Å². The second-order valence-corrected chi connectivity index (χ2v) is 7.91. The average Bonchev–Trinajstić information content (AvgIpc) is 2.68. The van der Waals surface area contributed by atoms with Crippen LogP contribution in [0.15, 0.2) is 48.5 Å². The minimum Gasteiger partial charge on any atom is -0.487 e. The molecular weight excluding hydrogens is 332 g/mol. The fourth-order valence-electron chi connectivity index (χ4n) is 3.91. The first kappa shape index (κ1) is 17.8. The van der Waals surface area contributed by atoms with Crippen LogP contribution >= 0.6 is 0 Å². The van der Waals surface area contributed by atoms with E-state index in [0.717, 1.165) is 41.5 Å². The third-order valence-electron chi connectivity index (χ3n) is 5.54. The van der Waals surface area contributed by atoms with Gasteiger partial charge in [0.2, 0.25) is 0 Å². The Bertz CT molecular complexity index is 950. The molecule has 2 aromatic carbocycles. The fourth-order valence-corrected chi connectivity index (χ4v) is 3.91. The van der Waals surface area contributed by atoms with Crippen LogP contribution in [0.2, 0.25) is 0 Å². The van der Waals surface area contributed by atoms with Gasteiger partial charge in [0.05, 0.1) is 0 Å². The second kappa shape index (κ2) is 7.59. The molecule has 1 aliphatic heterocycles. The summed E-state index contributed by atoms with van der Waals surface area (Å²) in [5.74, 6) is 2.66. The van der Waals surface area contributed by atoms with Crippen molar-refractivity contribution in [2.24, 2.45) is 5.92 Å². The van der Waals surface area contributed by atoms with Gasteiger partial charge >= 0.3 is 0 Å². The highest BCUT2D eigenvalue weighted by Gasteiger charge is 2.18. The van der Waals surface area contributed by atoms with E-state index in [4.69, 9.17) is 9.72 Å². The van der Waals surface area contributed by atoms with Gasteiger partial charge in [-0.3, -0.25) is 0 Å². The van der Waals surface area contributed by atoms with E-state index in [1.807, 2.05) is 12.1 Å². The second-order valence-electron chi connectivity index (χ2n) is 7.91. The summed E-state index contributed by atoms with van der Waals surface area (Å²) in [7, 11) is 0. The van der Waals surface area contributed by atoms with Crippen molar-refractivity contribution in [1.82, 2.24) is 4.98 Å². The Kier molecular flexibility index (Phi) is 5.02. The topological polar surface area (TPSA) is 25.4 Å². The standard InChI is InChI=1S/C24H28N2O/c1-17-9-10-19(3)21(14-17)16-27-22-8-4-7-20-11-12-23(25-24(20)22)26-13-5-6-18(2)15-26/h4,7-12,14,18H,5-6,13,15-16H2,1-3H3. The summed E-state index contributed by atoms with van der Waals surface area (Å²) >= 11 is 0. The molecule has 4 rings (SSSR count). The molecule has 0 radical (unpaired) electrons. The number of ether oxygens (including phenoxy) is 1. The molecule has 1 saturated heterocycles. The molecule has 1 unspecified atom stereocenters. The minimum absolute atomic E-state index is 0.569. The number of aromatic nitrogens is 1. The zero-order chi connectivity index (χ0) is 18.8. The molecular formula is C24H28N2O. The summed E-state index contributed by atoms with van der Waals surface area (Å²) in [6, 6.07) is 17.0. The van der Waals surface area contributed by atoms with Crippen LogP contribution in [0.25, 0.3) is 10.9 Å². The quantitative estimate of drug-likeness (QED) is 0.600. The first-order valence-corrected chi connectivity index (χ1v) is 9.94. The molecule has 0 saturated carbocycles. The highest BCUT2D eigenvalue weighted by molar-refractivity contribution is 5.86. The van der Waals surface area contributed by atoms with Gasteiger partial charge in [-0.2, -0.15) is 0 Å². The molecule has 0 N–H and O–H groups in total. The summed E-state index contributed by atoms with van der Waals surface area (Å²) in [6.45, 7) is 9.33. The lowest BCUT2D eigenvalue weighted by Gasteiger charge is -2.32. The van der Waals surface area contributed by atoms with Gasteiger partial charge in [0.25, 0.3) is 0 Å². The van der Waals surface area contributed by atoms with Gasteiger partial charge in [-0.05, 0) is 61.9 Å². The molecule has 1 aliphatic rings. The molecule has 0 amide bonds. The first-order valence-electron chi connectivity index (χ1n) is 9.94. The number of rotatable bonds is 4. The maximum Gasteiger partial charge on any atom is 0.146 e. The van der Waals surface area contributed by atoms with E-state index in [9.17, 15) is 0 Å². The van der Waals surface area contributed by atoms with Crippen molar-refractivity contribution in [2.45, 2.75) is 40.2 Å². The first-order chi connectivity index (χ1) is 13.1. The van der Waals surface area contributed by atoms with Crippen LogP contribution in [0, 0.1) is 19.8 Å². The summed E-state index contributed by atoms with van der Waals surface area (Å²) in [5.41, 5.74) is 4.71. The molecule has 0 bridgehead atoms. The summed E-state index contributed by atoms with van der Waals surface area (Å²) in [6.07, 6.45) is 2.56. The third kappa shape index (κ3) is 3.92. The Morgan fingerprint density at radius 1 is 1.11 bits per heavy atom. The van der Waals surface area contributed by atoms with Gasteiger partial charge in [-0.25, -0.2) is 4.98 Å². The van der Waals surface area contributed by atoms with Gasteiger partial charge < -0.3 is 9.64 Å². The lowest BCUT2D eigenvalue weighted by molar-refractivity contribution is 0.308. The lowest BCUT2D eigenvalue weighted by Crippen LogP contribution is -2.34. The normalized spacial score (nSPS) is 17.3. The number of pyridine rings is 1. The van der Waals surface area contributed by atoms with Crippen LogP contribution in [-0.4, -0.2) is 18.1 Å². The molecule has 1 aromatic heterocycles. The van der Waals surface area contributed by atoms with Crippen molar-refractivity contribution in [1.29, 1.82) is 0 Å². The highest BCUT2D eigenvalue weighted by atomic mass is 16.5. The number of piperidine rings is 1. The van der Waals surface area contributed by atoms with Gasteiger partial charge in [0.15, 0.2) is 0 Å². The van der Waals surface area contributed by atoms with E-state index >= 15 is 0 Å². The number of nitrogens with zero attached hydrogens (tertiary/aromatic N) is 2. The van der Waals surface area contributed by atoms with E-state index < -0.39 is 0 Å². The number of para-hydroxylation sites is 1. The molecule has 1 atom stereocenters. The van der Waals surface area contributed by atoms with Crippen molar-refractivity contribution >= 4 is 16.7 Å². The Hall–Kier alpha value is -2.55. The molecule has 3 nitrogen and oxygen atoms in total. The van der Waals surface area contributed by atoms with E-state index in [2.05, 4.69) is 62.1 Å². The zero-order valence-electron chi connectivity index (χ0n) is 16.5. The van der Waals surface area contributed by atoms with Crippen molar-refractivity contribution in [3.63, 3.8) is 0 Å². The molecule has 0 aliphatic carbocycles. The van der Waals surface area contributed by atoms with Crippen LogP contribution in [0.5, 0.6) is 5.75 Å². The predicted octanol–water partition coefficient (Wildman–Crippen LogP) is 5.67. The molecule has 3 heteroatoms. The fraction of sp³-hybridized carbons (Fsp3) is 0.375. The van der Waals surface area contributed by atoms with Gasteiger partial charge in [0.1, 0.15) is 23.7 Å². The van der Waals surface area contributed by atoms with E-state index in [0.29, 0.717) is 6.61 Å². The molecule has 0 spiro atoms. The van der Waals surface area contributed by atoms with Crippen molar-refractivity contribution in [3.8, 4) is 5.75 Å². The van der Waals surface area contributed by atoms with Gasteiger partial charge in [0, 0.05) is 18.5 Å². The third-order valence-corrected chi connectivity index (χ3v) is 5.54. The van der Waals surface area contributed by atoms with Crippen LogP contribution in [0.3, 0.4) is 0 Å². The smallest absolute Gasteiger partial charge is 0.146 e. The number of fused-ring (bicyclic) bond motifs is 1. The average molecular weight is 361 g/mol. The Morgan fingerprint density at radius 2 is 2.00 bits per heavy atom. The predicted molar refractivity (Wildman–Crippen MR) is 113 cm³/mol. The number of anilines is 1. The SMILES string of the molecule is Cc1ccc(C)c(COc2cccc3ccc(N4CCCC(C)C4)nc23)c1. The number of hydrogen-bond acceptors (Lipinski definition) is 3. The molecule has 3 aromatic rings. The molecule has 1 fully saturated rings. The Balaban J connectivity index is 1.62. The Morgan fingerprint density at radius 3 is 2.85 bits per heavy atom. The maximum absolute atomic E-state index is 6.22. The Labute approximate surface area is 162 Å². The van der Waals surface area contributed by atoms with Crippen molar-refractivity contribution < 1.29 is 4.74 Å². The zero-order valence-corrected chi connectivity index (χ0v) is 16.5. The monoisotopic (exact) mass is 360 g/mol. The van der Waals surface area contributed by atoms with Crippen LogP contribution < -0.4 is 9.64 Å². The number of aryl methyl sites for hydroxylation is 2. The van der Waals surface area contributed by atoms with Gasteiger partial charge in [-0.1, -0.05) is 42.8 Å². The largest absolute Gasteiger partial charge is 0.487 e. The number of hydrogen-bond donors (Lipinski definition) is 0. The van der Waals surface area contributed by atoms with E-state index in [1.165, 1.54) is 29.5 Å². The summed E-state index contributed by atoms with van der Waals surface area (Å²) in [5, 5.41) is 1.13. The van der Waals surface area contributed by atoms with Crippen LogP contribution in [-0.2, 0) is 6.61 Å². The summed E-state index contributed by atoms with van der Waals surface area (Å²) in [4.78, 5) is 7.40. The molecule has 2 heterocycles. The van der Waals surface area contributed by atoms with E-state index in [-0.39, 0.29) is 0 Å². The minimum atomic E-state index is 0.569. The van der Waals surface area contributed by atoms with Crippen molar-refractivity contribution in [3.05, 3.63) is 65.2 Å². The maximum atomic E-state index is 6.22. The summed E-state index contributed by atoms with van der Waals surface area (Å²) < 4.78 is 6.22. The van der Waals surface area contributed by atoms with Crippen LogP contribution in [0.4, 0.5) is 5.82 Å². The molecule has 27 heavy (non-hydrogen) atoms. The van der Waals surface area contributed by atoms with E-state index in [1.54, 1.807) is 0 Å².